The fourth-order valence-electron chi connectivity index (χ4n) is 2.55. The van der Waals surface area contributed by atoms with E-state index in [0.717, 1.165) is 13.1 Å². The number of hydrogen-bond acceptors (Lipinski definition) is 9. The number of rotatable bonds is 9. The molecule has 2 rings (SSSR count). The highest BCUT2D eigenvalue weighted by atomic mass is 16.9. The van der Waals surface area contributed by atoms with Crippen LogP contribution in [0.4, 0.5) is 0 Å². The molecule has 0 aromatic heterocycles. The number of esters is 1. The number of carbonyl (C=O) groups excluding carboxylic acids is 1. The van der Waals surface area contributed by atoms with Crippen LogP contribution in [-0.2, 0) is 14.4 Å². The summed E-state index contributed by atoms with van der Waals surface area (Å²) in [6, 6.07) is 4.75. The van der Waals surface area contributed by atoms with Crippen molar-refractivity contribution in [1.82, 2.24) is 9.80 Å². The average Bonchev–Trinajstić information content (AvgIpc) is 2.66. The van der Waals surface area contributed by atoms with E-state index in [1.165, 1.54) is 19.3 Å². The van der Waals surface area contributed by atoms with Crippen molar-refractivity contribution in [3.05, 3.63) is 40.0 Å². The number of ether oxygens (including phenoxy) is 2. The van der Waals surface area contributed by atoms with Crippen LogP contribution < -0.4 is 4.74 Å². The number of nitrogens with zero attached hydrogens (tertiary/aromatic N) is 3. The largest absolute Gasteiger partial charge is 0.504 e. The lowest BCUT2D eigenvalue weighted by molar-refractivity contribution is -0.757. The van der Waals surface area contributed by atoms with Crippen molar-refractivity contribution < 1.29 is 29.3 Å². The van der Waals surface area contributed by atoms with E-state index in [9.17, 15) is 20.0 Å². The topological polar surface area (TPSA) is 115 Å². The highest BCUT2D eigenvalue weighted by Gasteiger charge is 2.17. The van der Waals surface area contributed by atoms with Gasteiger partial charge in [-0.15, -0.1) is 10.1 Å². The molecule has 0 unspecified atom stereocenters. The summed E-state index contributed by atoms with van der Waals surface area (Å²) in [5.74, 6) is -0.114. The van der Waals surface area contributed by atoms with Crippen LogP contribution in [-0.4, -0.2) is 79.1 Å². The summed E-state index contributed by atoms with van der Waals surface area (Å²) >= 11 is 0. The second kappa shape index (κ2) is 10.3. The van der Waals surface area contributed by atoms with Crippen LogP contribution in [0.3, 0.4) is 0 Å². The maximum absolute atomic E-state index is 11.8. The molecule has 0 aliphatic carbocycles. The van der Waals surface area contributed by atoms with E-state index in [2.05, 4.69) is 9.74 Å². The van der Waals surface area contributed by atoms with Crippen molar-refractivity contribution >= 4 is 12.0 Å². The zero-order chi connectivity index (χ0) is 19.6. The first kappa shape index (κ1) is 20.5. The molecule has 0 spiro atoms. The van der Waals surface area contributed by atoms with E-state index in [0.29, 0.717) is 30.9 Å². The second-order valence-electron chi connectivity index (χ2n) is 5.87. The predicted octanol–water partition coefficient (Wildman–Crippen LogP) is 0.741. The third-order valence-corrected chi connectivity index (χ3v) is 4.07. The third-order valence-electron chi connectivity index (χ3n) is 4.07. The lowest BCUT2D eigenvalue weighted by Crippen LogP contribution is -2.48. The standard InChI is InChI=1S/C17H23N3O7/c1-25-16-12-14(2-4-15(16)21)3-5-17(22)26-13-19-8-6-18(7-9-19)10-11-27-20(23)24/h2-5,12,21H,6-11,13H2,1H3. The quantitative estimate of drug-likeness (QED) is 0.286. The highest BCUT2D eigenvalue weighted by Crippen LogP contribution is 2.26. The van der Waals surface area contributed by atoms with Gasteiger partial charge in [0.25, 0.3) is 5.09 Å². The molecule has 1 N–H and O–H groups in total. The minimum atomic E-state index is -0.794. The Morgan fingerprint density at radius 2 is 2.00 bits per heavy atom. The smallest absolute Gasteiger partial charge is 0.332 e. The Bertz CT molecular complexity index is 672. The maximum Gasteiger partial charge on any atom is 0.332 e. The van der Waals surface area contributed by atoms with Crippen LogP contribution in [0, 0.1) is 10.1 Å². The molecule has 0 atom stereocenters. The summed E-state index contributed by atoms with van der Waals surface area (Å²) < 4.78 is 10.2. The molecule has 0 bridgehead atoms. The van der Waals surface area contributed by atoms with Gasteiger partial charge in [-0.2, -0.15) is 0 Å². The summed E-state index contributed by atoms with van der Waals surface area (Å²) in [6.07, 6.45) is 2.90. The van der Waals surface area contributed by atoms with Gasteiger partial charge in [-0.25, -0.2) is 4.79 Å². The van der Waals surface area contributed by atoms with Gasteiger partial charge in [0.2, 0.25) is 0 Å². The third kappa shape index (κ3) is 7.12. The number of hydrogen-bond donors (Lipinski definition) is 1. The fourth-order valence-corrected chi connectivity index (χ4v) is 2.55. The van der Waals surface area contributed by atoms with Gasteiger partial charge in [0.1, 0.15) is 13.3 Å². The van der Waals surface area contributed by atoms with Crippen LogP contribution in [0.5, 0.6) is 11.5 Å². The van der Waals surface area contributed by atoms with Crippen LogP contribution in [0.15, 0.2) is 24.3 Å². The molecule has 148 valence electrons. The molecule has 1 aliphatic heterocycles. The molecule has 10 heteroatoms. The van der Waals surface area contributed by atoms with Gasteiger partial charge < -0.3 is 19.4 Å². The molecule has 1 saturated heterocycles. The van der Waals surface area contributed by atoms with Crippen LogP contribution >= 0.6 is 0 Å². The van der Waals surface area contributed by atoms with Crippen molar-refractivity contribution in [2.75, 3.05) is 53.2 Å². The van der Waals surface area contributed by atoms with Gasteiger partial charge in [-0.1, -0.05) is 6.07 Å². The van der Waals surface area contributed by atoms with Gasteiger partial charge in [0.05, 0.1) is 7.11 Å². The average molecular weight is 381 g/mol. The van der Waals surface area contributed by atoms with E-state index in [4.69, 9.17) is 9.47 Å². The number of phenolic OH excluding ortho intramolecular Hbond substituents is 1. The van der Waals surface area contributed by atoms with Gasteiger partial charge in [-0.05, 0) is 23.8 Å². The summed E-state index contributed by atoms with van der Waals surface area (Å²) in [5.41, 5.74) is 0.701. The molecule has 1 fully saturated rings. The summed E-state index contributed by atoms with van der Waals surface area (Å²) in [4.78, 5) is 30.3. The molecular formula is C17H23N3O7. The molecule has 0 saturated carbocycles. The van der Waals surface area contributed by atoms with Crippen molar-refractivity contribution in [2.24, 2.45) is 0 Å². The lowest BCUT2D eigenvalue weighted by Gasteiger charge is -2.33. The van der Waals surface area contributed by atoms with E-state index < -0.39 is 11.1 Å². The van der Waals surface area contributed by atoms with E-state index in [1.807, 2.05) is 4.90 Å². The van der Waals surface area contributed by atoms with Crippen LogP contribution in [0.1, 0.15) is 5.56 Å². The van der Waals surface area contributed by atoms with Crippen molar-refractivity contribution in [2.45, 2.75) is 0 Å². The van der Waals surface area contributed by atoms with Crippen LogP contribution in [0.2, 0.25) is 0 Å². The van der Waals surface area contributed by atoms with E-state index in [-0.39, 0.29) is 19.1 Å². The number of methoxy groups -OCH3 is 1. The molecule has 0 amide bonds. The Morgan fingerprint density at radius 1 is 1.30 bits per heavy atom. The first-order valence-electron chi connectivity index (χ1n) is 8.42. The van der Waals surface area contributed by atoms with Gasteiger partial charge >= 0.3 is 5.97 Å². The number of piperazine rings is 1. The minimum Gasteiger partial charge on any atom is -0.504 e. The highest BCUT2D eigenvalue weighted by molar-refractivity contribution is 5.87. The molecule has 27 heavy (non-hydrogen) atoms. The molecular weight excluding hydrogens is 358 g/mol. The van der Waals surface area contributed by atoms with Gasteiger partial charge in [-0.3, -0.25) is 9.80 Å². The van der Waals surface area contributed by atoms with Crippen molar-refractivity contribution in [1.29, 1.82) is 0 Å². The molecule has 1 aromatic rings. The zero-order valence-electron chi connectivity index (χ0n) is 15.1. The first-order valence-corrected chi connectivity index (χ1v) is 8.42. The predicted molar refractivity (Wildman–Crippen MR) is 95.6 cm³/mol. The van der Waals surface area contributed by atoms with E-state index >= 15 is 0 Å². The summed E-state index contributed by atoms with van der Waals surface area (Å²) in [5, 5.41) is 18.9. The molecule has 1 heterocycles. The molecule has 1 aromatic carbocycles. The first-order chi connectivity index (χ1) is 13.0. The molecule has 1 aliphatic rings. The van der Waals surface area contributed by atoms with Crippen LogP contribution in [0.25, 0.3) is 6.08 Å². The fraction of sp³-hybridized carbons (Fsp3) is 0.471. The Kier molecular flexibility index (Phi) is 7.83. The summed E-state index contributed by atoms with van der Waals surface area (Å²) in [6.45, 7) is 3.57. The molecule has 10 nitrogen and oxygen atoms in total. The van der Waals surface area contributed by atoms with Gasteiger partial charge in [0, 0.05) is 38.8 Å². The Morgan fingerprint density at radius 3 is 2.67 bits per heavy atom. The zero-order valence-corrected chi connectivity index (χ0v) is 15.1. The Balaban J connectivity index is 1.68. The normalized spacial score (nSPS) is 15.6. The van der Waals surface area contributed by atoms with Gasteiger partial charge in [0.15, 0.2) is 11.5 Å². The number of aromatic hydroxyl groups is 1. The van der Waals surface area contributed by atoms with Crippen molar-refractivity contribution in [3.8, 4) is 11.5 Å². The number of phenols is 1. The monoisotopic (exact) mass is 381 g/mol. The SMILES string of the molecule is COc1cc(C=CC(=O)OCN2CCN(CCO[N+](=O)[O-])CC2)ccc1O. The summed E-state index contributed by atoms with van der Waals surface area (Å²) in [7, 11) is 1.45. The second-order valence-corrected chi connectivity index (χ2v) is 5.87. The van der Waals surface area contributed by atoms with Crippen molar-refractivity contribution in [3.63, 3.8) is 0 Å². The Labute approximate surface area is 156 Å². The lowest BCUT2D eigenvalue weighted by atomic mass is 10.2. The number of benzene rings is 1. The minimum absolute atomic E-state index is 0.0290. The van der Waals surface area contributed by atoms with E-state index in [1.54, 1.807) is 18.2 Å². The number of carbonyl (C=O) groups is 1. The Hall–Kier alpha value is -2.85. The molecule has 0 radical (unpaired) electrons. The maximum atomic E-state index is 11.8.